The van der Waals surface area contributed by atoms with Crippen LogP contribution in [-0.4, -0.2) is 48.9 Å². The Kier molecular flexibility index (Phi) is 12.5. The molecule has 0 saturated heterocycles. The molecule has 1 unspecified atom stereocenters. The Morgan fingerprint density at radius 2 is 1.96 bits per heavy atom. The molecule has 1 rings (SSSR count). The third-order valence-electron chi connectivity index (χ3n) is 2.82. The van der Waals surface area contributed by atoms with Crippen molar-refractivity contribution in [2.75, 3.05) is 19.8 Å². The van der Waals surface area contributed by atoms with Crippen LogP contribution >= 0.6 is 0 Å². The Hall–Kier alpha value is -1.80. The molecule has 0 aromatic heterocycles. The molecule has 0 saturated carbocycles. The topological polar surface area (TPSA) is 111 Å². The quantitative estimate of drug-likeness (QED) is 0.328. The molecule has 1 amide bonds. The molecule has 0 aliphatic heterocycles. The summed E-state index contributed by atoms with van der Waals surface area (Å²) in [5, 5.41) is 12.1. The SMILES string of the molecule is CC(C)(O)OCCCNC(=O)C(N)COCc1ccccc1.CC=O. The monoisotopic (exact) mass is 354 g/mol. The van der Waals surface area contributed by atoms with Crippen LogP contribution in [0.5, 0.6) is 0 Å². The number of amides is 1. The van der Waals surface area contributed by atoms with Gasteiger partial charge in [0.2, 0.25) is 5.91 Å². The van der Waals surface area contributed by atoms with Crippen LogP contribution in [-0.2, 0) is 25.7 Å². The number of carbonyl (C=O) groups excluding carboxylic acids is 2. The number of aliphatic hydroxyl groups is 1. The van der Waals surface area contributed by atoms with E-state index in [9.17, 15) is 9.90 Å². The summed E-state index contributed by atoms with van der Waals surface area (Å²) < 4.78 is 10.6. The van der Waals surface area contributed by atoms with Gasteiger partial charge in [-0.15, -0.1) is 0 Å². The van der Waals surface area contributed by atoms with Gasteiger partial charge in [0.1, 0.15) is 12.3 Å². The van der Waals surface area contributed by atoms with Crippen LogP contribution in [0.3, 0.4) is 0 Å². The highest BCUT2D eigenvalue weighted by Crippen LogP contribution is 2.03. The van der Waals surface area contributed by atoms with Gasteiger partial charge in [-0.1, -0.05) is 30.3 Å². The Morgan fingerprint density at radius 3 is 2.52 bits per heavy atom. The van der Waals surface area contributed by atoms with Gasteiger partial charge in [-0.2, -0.15) is 0 Å². The maximum atomic E-state index is 11.7. The van der Waals surface area contributed by atoms with Crippen molar-refractivity contribution in [3.05, 3.63) is 35.9 Å². The van der Waals surface area contributed by atoms with Crippen LogP contribution in [0.25, 0.3) is 0 Å². The van der Waals surface area contributed by atoms with E-state index in [4.69, 9.17) is 20.0 Å². The van der Waals surface area contributed by atoms with Crippen molar-refractivity contribution in [3.8, 4) is 0 Å². The van der Waals surface area contributed by atoms with Crippen LogP contribution in [0.2, 0.25) is 0 Å². The van der Waals surface area contributed by atoms with Crippen molar-refractivity contribution in [2.24, 2.45) is 5.73 Å². The van der Waals surface area contributed by atoms with E-state index >= 15 is 0 Å². The lowest BCUT2D eigenvalue weighted by Crippen LogP contribution is -2.44. The number of nitrogens with two attached hydrogens (primary N) is 1. The van der Waals surface area contributed by atoms with E-state index in [2.05, 4.69) is 5.32 Å². The van der Waals surface area contributed by atoms with Crippen LogP contribution in [0.15, 0.2) is 30.3 Å². The minimum Gasteiger partial charge on any atom is -0.375 e. The molecular formula is C18H30N2O5. The summed E-state index contributed by atoms with van der Waals surface area (Å²) in [6.45, 7) is 5.98. The fourth-order valence-corrected chi connectivity index (χ4v) is 1.69. The molecular weight excluding hydrogens is 324 g/mol. The summed E-state index contributed by atoms with van der Waals surface area (Å²) in [6, 6.07) is 9.01. The average Bonchev–Trinajstić information content (AvgIpc) is 2.55. The van der Waals surface area contributed by atoms with E-state index in [1.54, 1.807) is 13.8 Å². The molecule has 4 N–H and O–H groups in total. The summed E-state index contributed by atoms with van der Waals surface area (Å²) >= 11 is 0. The molecule has 0 fully saturated rings. The predicted molar refractivity (Wildman–Crippen MR) is 95.7 cm³/mol. The zero-order valence-electron chi connectivity index (χ0n) is 15.2. The van der Waals surface area contributed by atoms with Gasteiger partial charge in [0.05, 0.1) is 19.8 Å². The van der Waals surface area contributed by atoms with Gasteiger partial charge in [-0.25, -0.2) is 0 Å². The summed E-state index contributed by atoms with van der Waals surface area (Å²) in [7, 11) is 0. The number of benzene rings is 1. The highest BCUT2D eigenvalue weighted by Gasteiger charge is 2.14. The van der Waals surface area contributed by atoms with Crippen molar-refractivity contribution in [1.82, 2.24) is 5.32 Å². The Bertz CT molecular complexity index is 474. The number of hydrogen-bond acceptors (Lipinski definition) is 6. The highest BCUT2D eigenvalue weighted by atomic mass is 16.6. The third-order valence-corrected chi connectivity index (χ3v) is 2.82. The van der Waals surface area contributed by atoms with E-state index in [0.717, 1.165) is 11.8 Å². The minimum absolute atomic E-state index is 0.168. The van der Waals surface area contributed by atoms with Crippen LogP contribution in [0.4, 0.5) is 0 Å². The lowest BCUT2D eigenvalue weighted by molar-refractivity contribution is -0.176. The standard InChI is InChI=1S/C16H26N2O4.C2H4O/c1-16(2,20)22-10-6-9-18-15(19)14(17)12-21-11-13-7-4-3-5-8-13;1-2-3/h3-5,7-8,14,20H,6,9-12,17H2,1-2H3,(H,18,19);2H,1H3. The molecule has 0 spiro atoms. The van der Waals surface area contributed by atoms with Gasteiger partial charge in [-0.3, -0.25) is 4.79 Å². The first kappa shape index (κ1) is 23.2. The van der Waals surface area contributed by atoms with Crippen LogP contribution < -0.4 is 11.1 Å². The van der Waals surface area contributed by atoms with Gasteiger partial charge < -0.3 is 30.4 Å². The average molecular weight is 354 g/mol. The molecule has 1 aromatic carbocycles. The molecule has 0 heterocycles. The summed E-state index contributed by atoms with van der Waals surface area (Å²) in [5.41, 5.74) is 6.80. The molecule has 7 heteroatoms. The zero-order valence-corrected chi connectivity index (χ0v) is 15.2. The second-order valence-electron chi connectivity index (χ2n) is 5.78. The normalized spacial score (nSPS) is 11.9. The minimum atomic E-state index is -1.15. The molecule has 0 aliphatic rings. The lowest BCUT2D eigenvalue weighted by atomic mass is 10.2. The van der Waals surface area contributed by atoms with Crippen molar-refractivity contribution in [2.45, 2.75) is 45.6 Å². The maximum absolute atomic E-state index is 11.7. The fourth-order valence-electron chi connectivity index (χ4n) is 1.69. The first-order chi connectivity index (χ1) is 11.8. The number of hydrogen-bond donors (Lipinski definition) is 3. The van der Waals surface area contributed by atoms with Gasteiger partial charge >= 0.3 is 0 Å². The van der Waals surface area contributed by atoms with Crippen LogP contribution in [0, 0.1) is 0 Å². The first-order valence-corrected chi connectivity index (χ1v) is 8.21. The number of rotatable bonds is 10. The van der Waals surface area contributed by atoms with E-state index in [1.807, 2.05) is 30.3 Å². The van der Waals surface area contributed by atoms with Crippen molar-refractivity contribution in [3.63, 3.8) is 0 Å². The molecule has 0 aliphatic carbocycles. The van der Waals surface area contributed by atoms with E-state index in [-0.39, 0.29) is 12.5 Å². The molecule has 142 valence electrons. The maximum Gasteiger partial charge on any atom is 0.239 e. The van der Waals surface area contributed by atoms with Crippen LogP contribution in [0.1, 0.15) is 32.8 Å². The molecule has 1 aromatic rings. The van der Waals surface area contributed by atoms with Gasteiger partial charge in [-0.05, 0) is 32.8 Å². The third kappa shape index (κ3) is 14.3. The lowest BCUT2D eigenvalue weighted by Gasteiger charge is -2.18. The number of carbonyl (C=O) groups is 2. The van der Waals surface area contributed by atoms with Crippen molar-refractivity contribution in [1.29, 1.82) is 0 Å². The second-order valence-corrected chi connectivity index (χ2v) is 5.78. The van der Waals surface area contributed by atoms with E-state index < -0.39 is 11.8 Å². The molecule has 1 atom stereocenters. The van der Waals surface area contributed by atoms with Gasteiger partial charge in [0, 0.05) is 6.54 Å². The number of nitrogens with one attached hydrogen (secondary N) is 1. The van der Waals surface area contributed by atoms with Gasteiger partial charge in [0.25, 0.3) is 0 Å². The Morgan fingerprint density at radius 1 is 1.36 bits per heavy atom. The Balaban J connectivity index is 0.00000178. The number of ether oxygens (including phenoxy) is 2. The van der Waals surface area contributed by atoms with E-state index in [1.165, 1.54) is 6.92 Å². The number of aldehydes is 1. The smallest absolute Gasteiger partial charge is 0.239 e. The van der Waals surface area contributed by atoms with Crippen molar-refractivity contribution < 1.29 is 24.2 Å². The largest absolute Gasteiger partial charge is 0.375 e. The first-order valence-electron chi connectivity index (χ1n) is 8.21. The molecule has 7 nitrogen and oxygen atoms in total. The molecule has 0 radical (unpaired) electrons. The Labute approximate surface area is 149 Å². The molecule has 0 bridgehead atoms. The summed E-state index contributed by atoms with van der Waals surface area (Å²) in [5.74, 6) is -1.40. The second kappa shape index (κ2) is 13.5. The molecule has 25 heavy (non-hydrogen) atoms. The zero-order chi connectivity index (χ0) is 19.1. The predicted octanol–water partition coefficient (Wildman–Crippen LogP) is 0.987. The highest BCUT2D eigenvalue weighted by molar-refractivity contribution is 5.81. The van der Waals surface area contributed by atoms with E-state index in [0.29, 0.717) is 26.2 Å². The summed E-state index contributed by atoms with van der Waals surface area (Å²) in [4.78, 5) is 20.5. The van der Waals surface area contributed by atoms with Gasteiger partial charge in [0.15, 0.2) is 5.79 Å². The van der Waals surface area contributed by atoms with Crippen molar-refractivity contribution >= 4 is 12.2 Å². The fraction of sp³-hybridized carbons (Fsp3) is 0.556. The summed E-state index contributed by atoms with van der Waals surface area (Å²) in [6.07, 6.45) is 1.35.